The number of rotatable bonds is 7. The van der Waals surface area contributed by atoms with Crippen LogP contribution in [0.5, 0.6) is 0 Å². The molecule has 1 aromatic rings. The molecule has 3 N–H and O–H groups in total. The Morgan fingerprint density at radius 1 is 1.21 bits per heavy atom. The van der Waals surface area contributed by atoms with Crippen LogP contribution in [-0.2, 0) is 0 Å². The van der Waals surface area contributed by atoms with Gasteiger partial charge in [0.2, 0.25) is 0 Å². The summed E-state index contributed by atoms with van der Waals surface area (Å²) in [4.78, 5) is 9.04. The Morgan fingerprint density at radius 3 is 2.50 bits per heavy atom. The minimum Gasteiger partial charge on any atom is -0.370 e. The predicted octanol–water partition coefficient (Wildman–Crippen LogP) is 1.90. The van der Waals surface area contributed by atoms with Crippen LogP contribution < -0.4 is 16.0 Å². The Morgan fingerprint density at radius 2 is 1.88 bits per heavy atom. The van der Waals surface area contributed by atoms with E-state index in [9.17, 15) is 4.39 Å². The summed E-state index contributed by atoms with van der Waals surface area (Å²) in [5.74, 6) is 1.01. The Labute approximate surface area is 144 Å². The van der Waals surface area contributed by atoms with E-state index in [2.05, 4.69) is 34.0 Å². The third kappa shape index (κ3) is 6.35. The average molecular weight is 335 g/mol. The molecule has 0 unspecified atom stereocenters. The van der Waals surface area contributed by atoms with Crippen LogP contribution in [0.2, 0.25) is 0 Å². The first-order chi connectivity index (χ1) is 11.5. The van der Waals surface area contributed by atoms with Gasteiger partial charge < -0.3 is 16.0 Å². The summed E-state index contributed by atoms with van der Waals surface area (Å²) < 4.78 is 13.0. The van der Waals surface area contributed by atoms with Crippen molar-refractivity contribution in [2.45, 2.75) is 20.3 Å². The van der Waals surface area contributed by atoms with E-state index in [1.54, 1.807) is 0 Å². The fourth-order valence-electron chi connectivity index (χ4n) is 2.72. The lowest BCUT2D eigenvalue weighted by Crippen LogP contribution is -2.49. The van der Waals surface area contributed by atoms with E-state index >= 15 is 0 Å². The monoisotopic (exact) mass is 335 g/mol. The van der Waals surface area contributed by atoms with Crippen LogP contribution in [0.4, 0.5) is 10.1 Å². The van der Waals surface area contributed by atoms with Gasteiger partial charge in [-0.15, -0.1) is 0 Å². The van der Waals surface area contributed by atoms with Gasteiger partial charge in [-0.05, 0) is 36.6 Å². The van der Waals surface area contributed by atoms with Crippen LogP contribution >= 0.6 is 0 Å². The molecule has 0 spiro atoms. The Kier molecular flexibility index (Phi) is 7.31. The molecule has 0 radical (unpaired) electrons. The van der Waals surface area contributed by atoms with Gasteiger partial charge in [0.15, 0.2) is 5.96 Å². The highest BCUT2D eigenvalue weighted by molar-refractivity contribution is 5.77. The summed E-state index contributed by atoms with van der Waals surface area (Å²) >= 11 is 0. The Bertz CT molecular complexity index is 507. The molecule has 1 fully saturated rings. The van der Waals surface area contributed by atoms with Gasteiger partial charge >= 0.3 is 0 Å². The number of anilines is 1. The lowest BCUT2D eigenvalue weighted by atomic mass is 10.1. The zero-order valence-corrected chi connectivity index (χ0v) is 14.8. The summed E-state index contributed by atoms with van der Waals surface area (Å²) in [6.07, 6.45) is 1.06. The summed E-state index contributed by atoms with van der Waals surface area (Å²) in [6.45, 7) is 10.9. The Hall–Kier alpha value is -1.82. The standard InChI is InChI=1S/C18H30FN5/c1-15(2)7-8-21-18(20)22-9-10-23-11-13-24(14-12-23)17-5-3-16(19)4-6-17/h3-6,15H,7-14H2,1-2H3,(H3,20,21,22). The number of hydrogen-bond donors (Lipinski definition) is 2. The number of nitrogens with zero attached hydrogens (tertiary/aromatic N) is 3. The topological polar surface area (TPSA) is 56.9 Å². The molecule has 0 aliphatic carbocycles. The summed E-state index contributed by atoms with van der Waals surface area (Å²) in [6, 6.07) is 6.74. The van der Waals surface area contributed by atoms with Crippen molar-refractivity contribution in [2.75, 3.05) is 50.7 Å². The van der Waals surface area contributed by atoms with E-state index in [0.29, 0.717) is 11.9 Å². The highest BCUT2D eigenvalue weighted by atomic mass is 19.1. The van der Waals surface area contributed by atoms with Gasteiger partial charge in [0.25, 0.3) is 0 Å². The van der Waals surface area contributed by atoms with Gasteiger partial charge in [-0.3, -0.25) is 9.89 Å². The number of halogens is 1. The summed E-state index contributed by atoms with van der Waals surface area (Å²) in [7, 11) is 0. The van der Waals surface area contributed by atoms with E-state index < -0.39 is 0 Å². The molecule has 1 aromatic carbocycles. The average Bonchev–Trinajstić information content (AvgIpc) is 2.56. The second-order valence-corrected chi connectivity index (χ2v) is 6.68. The van der Waals surface area contributed by atoms with Crippen molar-refractivity contribution in [3.8, 4) is 0 Å². The second-order valence-electron chi connectivity index (χ2n) is 6.68. The number of aliphatic imine (C=N–C) groups is 1. The number of hydrogen-bond acceptors (Lipinski definition) is 3. The van der Waals surface area contributed by atoms with Crippen LogP contribution in [0, 0.1) is 11.7 Å². The molecular weight excluding hydrogens is 305 g/mol. The second kappa shape index (κ2) is 9.47. The summed E-state index contributed by atoms with van der Waals surface area (Å²) in [5.41, 5.74) is 6.96. The number of piperazine rings is 1. The maximum absolute atomic E-state index is 13.0. The van der Waals surface area contributed by atoms with Gasteiger partial charge in [-0.2, -0.15) is 0 Å². The molecule has 0 atom stereocenters. The number of nitrogens with one attached hydrogen (secondary N) is 1. The lowest BCUT2D eigenvalue weighted by molar-refractivity contribution is 0.261. The van der Waals surface area contributed by atoms with Crippen LogP contribution in [0.1, 0.15) is 20.3 Å². The number of benzene rings is 1. The molecule has 2 rings (SSSR count). The molecule has 24 heavy (non-hydrogen) atoms. The molecule has 1 saturated heterocycles. The maximum atomic E-state index is 13.0. The van der Waals surface area contributed by atoms with Crippen molar-refractivity contribution < 1.29 is 4.39 Å². The third-order valence-corrected chi connectivity index (χ3v) is 4.29. The van der Waals surface area contributed by atoms with Crippen molar-refractivity contribution in [1.29, 1.82) is 0 Å². The first-order valence-electron chi connectivity index (χ1n) is 8.81. The zero-order valence-electron chi connectivity index (χ0n) is 14.8. The van der Waals surface area contributed by atoms with Crippen molar-refractivity contribution in [2.24, 2.45) is 16.6 Å². The van der Waals surface area contributed by atoms with Crippen LogP contribution in [-0.4, -0.2) is 56.7 Å². The molecule has 0 bridgehead atoms. The number of guanidine groups is 1. The lowest BCUT2D eigenvalue weighted by Gasteiger charge is -2.36. The molecule has 1 heterocycles. The SMILES string of the molecule is CC(C)CCN=C(N)NCCN1CCN(c2ccc(F)cc2)CC1. The van der Waals surface area contributed by atoms with E-state index in [-0.39, 0.29) is 5.82 Å². The van der Waals surface area contributed by atoms with Crippen molar-refractivity contribution in [1.82, 2.24) is 10.2 Å². The van der Waals surface area contributed by atoms with Crippen molar-refractivity contribution in [3.63, 3.8) is 0 Å². The minimum absolute atomic E-state index is 0.184. The fourth-order valence-corrected chi connectivity index (χ4v) is 2.72. The molecule has 0 saturated carbocycles. The van der Waals surface area contributed by atoms with E-state index in [1.165, 1.54) is 12.1 Å². The molecule has 1 aliphatic heterocycles. The van der Waals surface area contributed by atoms with Gasteiger partial charge in [-0.25, -0.2) is 4.39 Å². The maximum Gasteiger partial charge on any atom is 0.188 e. The van der Waals surface area contributed by atoms with Crippen molar-refractivity contribution >= 4 is 11.6 Å². The predicted molar refractivity (Wildman–Crippen MR) is 99.0 cm³/mol. The highest BCUT2D eigenvalue weighted by Crippen LogP contribution is 2.16. The minimum atomic E-state index is -0.184. The molecular formula is C18H30FN5. The smallest absolute Gasteiger partial charge is 0.188 e. The molecule has 5 nitrogen and oxygen atoms in total. The molecule has 134 valence electrons. The Balaban J connectivity index is 1.63. The molecule has 0 aromatic heterocycles. The molecule has 0 amide bonds. The normalized spacial score (nSPS) is 16.7. The third-order valence-electron chi connectivity index (χ3n) is 4.29. The number of nitrogens with two attached hydrogens (primary N) is 1. The van der Waals surface area contributed by atoms with E-state index in [1.807, 2.05) is 12.1 Å². The fraction of sp³-hybridized carbons (Fsp3) is 0.611. The van der Waals surface area contributed by atoms with Gasteiger partial charge in [0, 0.05) is 51.5 Å². The first-order valence-corrected chi connectivity index (χ1v) is 8.81. The van der Waals surface area contributed by atoms with Gasteiger partial charge in [0.1, 0.15) is 5.82 Å². The van der Waals surface area contributed by atoms with Crippen LogP contribution in [0.25, 0.3) is 0 Å². The van der Waals surface area contributed by atoms with Gasteiger partial charge in [0.05, 0.1) is 0 Å². The molecule has 1 aliphatic rings. The molecule has 6 heteroatoms. The van der Waals surface area contributed by atoms with Gasteiger partial charge in [-0.1, -0.05) is 13.8 Å². The first kappa shape index (κ1) is 18.5. The largest absolute Gasteiger partial charge is 0.370 e. The van der Waals surface area contributed by atoms with E-state index in [4.69, 9.17) is 5.73 Å². The van der Waals surface area contributed by atoms with Crippen molar-refractivity contribution in [3.05, 3.63) is 30.1 Å². The highest BCUT2D eigenvalue weighted by Gasteiger charge is 2.16. The van der Waals surface area contributed by atoms with Crippen LogP contribution in [0.3, 0.4) is 0 Å². The summed E-state index contributed by atoms with van der Waals surface area (Å²) in [5, 5.41) is 3.18. The quantitative estimate of drug-likeness (QED) is 0.590. The zero-order chi connectivity index (χ0) is 17.4. The van der Waals surface area contributed by atoms with E-state index in [0.717, 1.165) is 57.9 Å². The van der Waals surface area contributed by atoms with Crippen LogP contribution in [0.15, 0.2) is 29.3 Å².